The van der Waals surface area contributed by atoms with Crippen LogP contribution in [0.15, 0.2) is 30.5 Å². The third-order valence-electron chi connectivity index (χ3n) is 2.79. The molecule has 0 atom stereocenters. The lowest BCUT2D eigenvalue weighted by molar-refractivity contribution is 0.506. The number of nitrogens with one attached hydrogen (secondary N) is 1. The van der Waals surface area contributed by atoms with Crippen molar-refractivity contribution < 1.29 is 8.78 Å². The number of rotatable bonds is 5. The van der Waals surface area contributed by atoms with Gasteiger partial charge in [-0.1, -0.05) is 6.07 Å². The highest BCUT2D eigenvalue weighted by Crippen LogP contribution is 2.08. The molecule has 1 N–H and O–H groups in total. The first-order chi connectivity index (χ1) is 8.66. The maximum Gasteiger partial charge on any atom is 0.159 e. The fraction of sp³-hybridized carbons (Fsp3) is 0.308. The highest BCUT2D eigenvalue weighted by Gasteiger charge is 2.02. The van der Waals surface area contributed by atoms with Crippen LogP contribution < -0.4 is 5.32 Å². The second kappa shape index (κ2) is 5.73. The largest absolute Gasteiger partial charge is 0.312 e. The molecule has 96 valence electrons. The van der Waals surface area contributed by atoms with E-state index in [4.69, 9.17) is 0 Å². The Kier molecular flexibility index (Phi) is 4.04. The first kappa shape index (κ1) is 12.7. The van der Waals surface area contributed by atoms with Gasteiger partial charge in [0.2, 0.25) is 0 Å². The van der Waals surface area contributed by atoms with Gasteiger partial charge in [0, 0.05) is 38.4 Å². The Morgan fingerprint density at radius 2 is 2.06 bits per heavy atom. The molecular formula is C13H15F2N3. The minimum Gasteiger partial charge on any atom is -0.312 e. The van der Waals surface area contributed by atoms with Gasteiger partial charge in [-0.05, 0) is 23.8 Å². The summed E-state index contributed by atoms with van der Waals surface area (Å²) in [6.07, 6.45) is 2.60. The van der Waals surface area contributed by atoms with Crippen molar-refractivity contribution >= 4 is 0 Å². The Morgan fingerprint density at radius 3 is 2.72 bits per heavy atom. The van der Waals surface area contributed by atoms with E-state index in [1.807, 2.05) is 17.8 Å². The van der Waals surface area contributed by atoms with Crippen molar-refractivity contribution in [3.8, 4) is 0 Å². The molecule has 18 heavy (non-hydrogen) atoms. The molecule has 3 nitrogen and oxygen atoms in total. The van der Waals surface area contributed by atoms with Crippen molar-refractivity contribution in [2.45, 2.75) is 13.0 Å². The van der Waals surface area contributed by atoms with Crippen molar-refractivity contribution in [1.82, 2.24) is 15.1 Å². The molecule has 1 aromatic heterocycles. The van der Waals surface area contributed by atoms with Crippen LogP contribution >= 0.6 is 0 Å². The van der Waals surface area contributed by atoms with Crippen LogP contribution in [0.5, 0.6) is 0 Å². The van der Waals surface area contributed by atoms with Crippen LogP contribution in [0.4, 0.5) is 8.78 Å². The minimum atomic E-state index is -0.811. The van der Waals surface area contributed by atoms with Crippen molar-refractivity contribution in [3.05, 3.63) is 53.4 Å². The van der Waals surface area contributed by atoms with E-state index in [0.29, 0.717) is 6.54 Å². The fourth-order valence-corrected chi connectivity index (χ4v) is 1.75. The lowest BCUT2D eigenvalue weighted by Gasteiger charge is -2.06. The quantitative estimate of drug-likeness (QED) is 0.824. The highest BCUT2D eigenvalue weighted by molar-refractivity contribution is 5.17. The highest BCUT2D eigenvalue weighted by atomic mass is 19.2. The normalized spacial score (nSPS) is 10.8. The van der Waals surface area contributed by atoms with Gasteiger partial charge in [0.15, 0.2) is 11.6 Å². The number of aromatic nitrogens is 2. The smallest absolute Gasteiger partial charge is 0.159 e. The summed E-state index contributed by atoms with van der Waals surface area (Å²) in [5.74, 6) is -1.62. The molecule has 1 heterocycles. The van der Waals surface area contributed by atoms with Gasteiger partial charge in [-0.15, -0.1) is 0 Å². The monoisotopic (exact) mass is 251 g/mol. The van der Waals surface area contributed by atoms with Gasteiger partial charge in [0.05, 0.1) is 0 Å². The van der Waals surface area contributed by atoms with E-state index in [2.05, 4.69) is 10.4 Å². The molecule has 2 rings (SSSR count). The van der Waals surface area contributed by atoms with Crippen LogP contribution in [0.2, 0.25) is 0 Å². The molecule has 1 aromatic carbocycles. The number of benzene rings is 1. The van der Waals surface area contributed by atoms with Gasteiger partial charge in [-0.2, -0.15) is 5.10 Å². The molecule has 0 spiro atoms. The molecule has 0 saturated carbocycles. The molecule has 5 heteroatoms. The average molecular weight is 251 g/mol. The van der Waals surface area contributed by atoms with E-state index in [-0.39, 0.29) is 0 Å². The summed E-state index contributed by atoms with van der Waals surface area (Å²) in [5, 5.41) is 7.26. The van der Waals surface area contributed by atoms with E-state index >= 15 is 0 Å². The van der Waals surface area contributed by atoms with Gasteiger partial charge < -0.3 is 5.32 Å². The number of hydrogen-bond acceptors (Lipinski definition) is 2. The topological polar surface area (TPSA) is 29.9 Å². The Morgan fingerprint density at radius 1 is 1.22 bits per heavy atom. The van der Waals surface area contributed by atoms with Gasteiger partial charge in [0.1, 0.15) is 0 Å². The van der Waals surface area contributed by atoms with Crippen LogP contribution in [0.3, 0.4) is 0 Å². The Hall–Kier alpha value is -1.75. The predicted molar refractivity (Wildman–Crippen MR) is 65.0 cm³/mol. The lowest BCUT2D eigenvalue weighted by atomic mass is 10.2. The van der Waals surface area contributed by atoms with Gasteiger partial charge in [-0.3, -0.25) is 4.68 Å². The summed E-state index contributed by atoms with van der Waals surface area (Å²) in [6, 6.07) is 5.90. The molecule has 0 radical (unpaired) electrons. The molecular weight excluding hydrogens is 236 g/mol. The summed E-state index contributed by atoms with van der Waals surface area (Å²) < 4.78 is 27.5. The minimum absolute atomic E-state index is 0.523. The van der Waals surface area contributed by atoms with Crippen molar-refractivity contribution in [1.29, 1.82) is 0 Å². The van der Waals surface area contributed by atoms with Crippen molar-refractivity contribution in [2.75, 3.05) is 6.54 Å². The van der Waals surface area contributed by atoms with Crippen LogP contribution in [-0.2, 0) is 20.0 Å². The molecule has 0 amide bonds. The second-order valence-corrected chi connectivity index (χ2v) is 4.12. The first-order valence-corrected chi connectivity index (χ1v) is 5.78. The summed E-state index contributed by atoms with van der Waals surface area (Å²) in [5.41, 5.74) is 1.87. The SMILES string of the molecule is Cn1nccc1CCNCc1ccc(F)c(F)c1. The third kappa shape index (κ3) is 3.13. The molecule has 0 aliphatic carbocycles. The van der Waals surface area contributed by atoms with Crippen LogP contribution in [0.1, 0.15) is 11.3 Å². The van der Waals surface area contributed by atoms with Gasteiger partial charge in [-0.25, -0.2) is 8.78 Å². The summed E-state index contributed by atoms with van der Waals surface area (Å²) in [6.45, 7) is 1.29. The van der Waals surface area contributed by atoms with Crippen LogP contribution in [0.25, 0.3) is 0 Å². The average Bonchev–Trinajstić information content (AvgIpc) is 2.75. The molecule has 0 aliphatic heterocycles. The maximum atomic E-state index is 13.0. The van der Waals surface area contributed by atoms with E-state index in [9.17, 15) is 8.78 Å². The molecule has 0 saturated heterocycles. The summed E-state index contributed by atoms with van der Waals surface area (Å²) in [4.78, 5) is 0. The number of halogens is 2. The predicted octanol–water partition coefficient (Wildman–Crippen LogP) is 2.03. The lowest BCUT2D eigenvalue weighted by Crippen LogP contribution is -2.18. The van der Waals surface area contributed by atoms with E-state index in [0.717, 1.165) is 30.3 Å². The Balaban J connectivity index is 1.78. The van der Waals surface area contributed by atoms with Crippen LogP contribution in [0, 0.1) is 11.6 Å². The third-order valence-corrected chi connectivity index (χ3v) is 2.79. The van der Waals surface area contributed by atoms with Crippen molar-refractivity contribution in [3.63, 3.8) is 0 Å². The zero-order valence-electron chi connectivity index (χ0n) is 10.2. The summed E-state index contributed by atoms with van der Waals surface area (Å²) in [7, 11) is 1.89. The fourth-order valence-electron chi connectivity index (χ4n) is 1.75. The molecule has 2 aromatic rings. The zero-order chi connectivity index (χ0) is 13.0. The number of hydrogen-bond donors (Lipinski definition) is 1. The van der Waals surface area contributed by atoms with Gasteiger partial charge >= 0.3 is 0 Å². The van der Waals surface area contributed by atoms with E-state index < -0.39 is 11.6 Å². The molecule has 0 fully saturated rings. The number of nitrogens with zero attached hydrogens (tertiary/aromatic N) is 2. The van der Waals surface area contributed by atoms with Gasteiger partial charge in [0.25, 0.3) is 0 Å². The first-order valence-electron chi connectivity index (χ1n) is 5.78. The standard InChI is InChI=1S/C13H15F2N3/c1-18-11(5-7-17-18)4-6-16-9-10-2-3-12(14)13(15)8-10/h2-3,5,7-8,16H,4,6,9H2,1H3. The molecule has 0 unspecified atom stereocenters. The number of aryl methyl sites for hydroxylation is 1. The summed E-state index contributed by atoms with van der Waals surface area (Å²) >= 11 is 0. The second-order valence-electron chi connectivity index (χ2n) is 4.12. The maximum absolute atomic E-state index is 13.0. The zero-order valence-corrected chi connectivity index (χ0v) is 10.2. The Labute approximate surface area is 104 Å². The molecule has 0 bridgehead atoms. The van der Waals surface area contributed by atoms with E-state index in [1.165, 1.54) is 6.07 Å². The Bertz CT molecular complexity index is 523. The molecule has 0 aliphatic rings. The van der Waals surface area contributed by atoms with Crippen LogP contribution in [-0.4, -0.2) is 16.3 Å². The van der Waals surface area contributed by atoms with Crippen molar-refractivity contribution in [2.24, 2.45) is 7.05 Å². The van der Waals surface area contributed by atoms with E-state index in [1.54, 1.807) is 12.3 Å².